The van der Waals surface area contributed by atoms with Crippen molar-refractivity contribution in [3.05, 3.63) is 0 Å². The minimum Gasteiger partial charge on any atom is -0.481 e. The predicted molar refractivity (Wildman–Crippen MR) is 71.6 cm³/mol. The summed E-state index contributed by atoms with van der Waals surface area (Å²) in [7, 11) is 3.89. The van der Waals surface area contributed by atoms with Gasteiger partial charge in [0, 0.05) is 20.1 Å². The van der Waals surface area contributed by atoms with Crippen molar-refractivity contribution >= 4 is 11.9 Å². The Morgan fingerprint density at radius 1 is 1.37 bits per heavy atom. The zero-order valence-corrected chi connectivity index (χ0v) is 12.2. The van der Waals surface area contributed by atoms with E-state index in [0.29, 0.717) is 5.92 Å². The summed E-state index contributed by atoms with van der Waals surface area (Å²) in [4.78, 5) is 27.5. The molecule has 19 heavy (non-hydrogen) atoms. The zero-order chi connectivity index (χ0) is 14.4. The summed E-state index contributed by atoms with van der Waals surface area (Å²) < 4.78 is 0. The molecule has 0 aromatic carbocycles. The van der Waals surface area contributed by atoms with Gasteiger partial charge >= 0.3 is 5.97 Å². The number of aliphatic carboxylic acids is 1. The maximum absolute atomic E-state index is 12.4. The molecule has 2 rings (SSSR count). The lowest BCUT2D eigenvalue weighted by Crippen LogP contribution is -2.35. The van der Waals surface area contributed by atoms with Crippen LogP contribution in [0, 0.1) is 23.2 Å². The number of amides is 1. The molecule has 1 N–H and O–H groups in total. The number of hydrogen-bond acceptors (Lipinski definition) is 3. The third-order valence-electron chi connectivity index (χ3n) is 4.76. The van der Waals surface area contributed by atoms with E-state index in [1.807, 2.05) is 13.8 Å². The molecule has 0 radical (unpaired) electrons. The van der Waals surface area contributed by atoms with Crippen molar-refractivity contribution in [1.29, 1.82) is 0 Å². The van der Waals surface area contributed by atoms with Crippen LogP contribution in [0.1, 0.15) is 20.3 Å². The fourth-order valence-corrected chi connectivity index (χ4v) is 3.45. The summed E-state index contributed by atoms with van der Waals surface area (Å²) in [6.45, 7) is 6.58. The van der Waals surface area contributed by atoms with Crippen molar-refractivity contribution in [2.75, 3.05) is 33.7 Å². The van der Waals surface area contributed by atoms with Gasteiger partial charge < -0.3 is 14.9 Å². The minimum atomic E-state index is -0.850. The Morgan fingerprint density at radius 2 is 2.00 bits per heavy atom. The number of carbonyl (C=O) groups is 2. The largest absolute Gasteiger partial charge is 0.481 e. The smallest absolute Gasteiger partial charge is 0.307 e. The Bertz CT molecular complexity index is 394. The van der Waals surface area contributed by atoms with Gasteiger partial charge in [-0.1, -0.05) is 13.8 Å². The fraction of sp³-hybridized carbons (Fsp3) is 0.857. The molecular weight excluding hydrogens is 244 g/mol. The normalized spacial score (nSPS) is 33.2. The second kappa shape index (κ2) is 4.78. The van der Waals surface area contributed by atoms with E-state index in [-0.39, 0.29) is 11.8 Å². The van der Waals surface area contributed by atoms with E-state index in [2.05, 4.69) is 11.9 Å². The lowest BCUT2D eigenvalue weighted by atomic mass is 10.1. The molecule has 1 unspecified atom stereocenters. The molecule has 1 aliphatic carbocycles. The van der Waals surface area contributed by atoms with E-state index in [1.165, 1.54) is 0 Å². The number of hydrogen-bond donors (Lipinski definition) is 1. The van der Waals surface area contributed by atoms with Crippen molar-refractivity contribution in [1.82, 2.24) is 9.80 Å². The van der Waals surface area contributed by atoms with E-state index in [0.717, 1.165) is 26.1 Å². The van der Waals surface area contributed by atoms with Gasteiger partial charge in [-0.2, -0.15) is 0 Å². The van der Waals surface area contributed by atoms with Gasteiger partial charge in [-0.15, -0.1) is 0 Å². The average Bonchev–Trinajstić information content (AvgIpc) is 2.63. The molecule has 3 atom stereocenters. The highest BCUT2D eigenvalue weighted by atomic mass is 16.4. The molecule has 1 amide bonds. The lowest BCUT2D eigenvalue weighted by Gasteiger charge is -2.22. The van der Waals surface area contributed by atoms with E-state index in [1.54, 1.807) is 11.9 Å². The van der Waals surface area contributed by atoms with Crippen LogP contribution >= 0.6 is 0 Å². The molecule has 5 nitrogen and oxygen atoms in total. The van der Waals surface area contributed by atoms with Gasteiger partial charge in [0.25, 0.3) is 0 Å². The van der Waals surface area contributed by atoms with Crippen LogP contribution in [0.5, 0.6) is 0 Å². The molecule has 5 heteroatoms. The summed E-state index contributed by atoms with van der Waals surface area (Å²) in [5.74, 6) is -1.21. The zero-order valence-electron chi connectivity index (χ0n) is 12.2. The standard InChI is InChI=1S/C14H24N2O3/c1-14(2)10(11(14)13(18)19)12(17)16(4)8-9-5-6-15(3)7-9/h9-11H,5-8H2,1-4H3,(H,18,19)/t9?,10-,11+/m1/s1. The first-order chi connectivity index (χ1) is 8.75. The number of carboxylic acids is 1. The van der Waals surface area contributed by atoms with Gasteiger partial charge in [0.2, 0.25) is 5.91 Å². The Morgan fingerprint density at radius 3 is 2.42 bits per heavy atom. The van der Waals surface area contributed by atoms with Crippen LogP contribution in [0.3, 0.4) is 0 Å². The van der Waals surface area contributed by atoms with Crippen molar-refractivity contribution in [2.24, 2.45) is 23.2 Å². The maximum Gasteiger partial charge on any atom is 0.307 e. The Labute approximate surface area is 114 Å². The van der Waals surface area contributed by atoms with Crippen LogP contribution < -0.4 is 0 Å². The van der Waals surface area contributed by atoms with Crippen molar-refractivity contribution in [3.8, 4) is 0 Å². The summed E-state index contributed by atoms with van der Waals surface area (Å²) in [5.41, 5.74) is -0.399. The van der Waals surface area contributed by atoms with Crippen molar-refractivity contribution < 1.29 is 14.7 Å². The second-order valence-corrected chi connectivity index (χ2v) is 6.75. The van der Waals surface area contributed by atoms with Gasteiger partial charge in [-0.05, 0) is 31.3 Å². The number of likely N-dealkylation sites (tertiary alicyclic amines) is 1. The summed E-state index contributed by atoms with van der Waals surface area (Å²) in [6.07, 6.45) is 1.12. The highest BCUT2D eigenvalue weighted by molar-refractivity contribution is 5.91. The van der Waals surface area contributed by atoms with E-state index < -0.39 is 17.3 Å². The van der Waals surface area contributed by atoms with Gasteiger partial charge in [-0.3, -0.25) is 9.59 Å². The monoisotopic (exact) mass is 268 g/mol. The van der Waals surface area contributed by atoms with Crippen LogP contribution in [0.4, 0.5) is 0 Å². The van der Waals surface area contributed by atoms with Crippen LogP contribution in [0.15, 0.2) is 0 Å². The molecule has 0 bridgehead atoms. The number of carboxylic acid groups (broad SMARTS) is 1. The topological polar surface area (TPSA) is 60.9 Å². The maximum atomic E-state index is 12.4. The minimum absolute atomic E-state index is 0.00745. The lowest BCUT2D eigenvalue weighted by molar-refractivity contribution is -0.141. The number of carbonyl (C=O) groups excluding carboxylic acids is 1. The van der Waals surface area contributed by atoms with Gasteiger partial charge in [0.15, 0.2) is 0 Å². The summed E-state index contributed by atoms with van der Waals surface area (Å²) >= 11 is 0. The van der Waals surface area contributed by atoms with Crippen molar-refractivity contribution in [2.45, 2.75) is 20.3 Å². The summed E-state index contributed by atoms with van der Waals surface area (Å²) in [5, 5.41) is 9.13. The van der Waals surface area contributed by atoms with E-state index in [4.69, 9.17) is 5.11 Å². The molecule has 1 saturated heterocycles. The van der Waals surface area contributed by atoms with Gasteiger partial charge in [0.1, 0.15) is 0 Å². The molecule has 0 aromatic rings. The first-order valence-corrected chi connectivity index (χ1v) is 6.91. The molecule has 1 aliphatic heterocycles. The number of nitrogens with zero attached hydrogens (tertiary/aromatic N) is 2. The molecule has 108 valence electrons. The Hall–Kier alpha value is -1.10. The average molecular weight is 268 g/mol. The van der Waals surface area contributed by atoms with Crippen LogP contribution in [0.25, 0.3) is 0 Å². The third kappa shape index (κ3) is 2.61. The highest BCUT2D eigenvalue weighted by Gasteiger charge is 2.66. The van der Waals surface area contributed by atoms with E-state index >= 15 is 0 Å². The molecule has 0 spiro atoms. The van der Waals surface area contributed by atoms with Crippen LogP contribution in [-0.4, -0.2) is 60.5 Å². The molecule has 2 aliphatic rings. The number of rotatable bonds is 4. The SMILES string of the molecule is CN1CCC(CN(C)C(=O)[C@H]2[C@@H](C(=O)O)C2(C)C)C1. The molecule has 0 aromatic heterocycles. The fourth-order valence-electron chi connectivity index (χ4n) is 3.45. The first-order valence-electron chi connectivity index (χ1n) is 6.91. The third-order valence-corrected chi connectivity index (χ3v) is 4.76. The quantitative estimate of drug-likeness (QED) is 0.817. The van der Waals surface area contributed by atoms with Crippen LogP contribution in [-0.2, 0) is 9.59 Å². The molecule has 1 saturated carbocycles. The highest BCUT2D eigenvalue weighted by Crippen LogP contribution is 2.58. The molecule has 1 heterocycles. The first kappa shape index (κ1) is 14.3. The van der Waals surface area contributed by atoms with E-state index in [9.17, 15) is 9.59 Å². The second-order valence-electron chi connectivity index (χ2n) is 6.75. The Kier molecular flexibility index (Phi) is 3.60. The van der Waals surface area contributed by atoms with Crippen LogP contribution in [0.2, 0.25) is 0 Å². The van der Waals surface area contributed by atoms with Gasteiger partial charge in [0.05, 0.1) is 11.8 Å². The molecule has 2 fully saturated rings. The summed E-state index contributed by atoms with van der Waals surface area (Å²) in [6, 6.07) is 0. The Balaban J connectivity index is 1.92. The predicted octanol–water partition coefficient (Wildman–Crippen LogP) is 0.753. The molecular formula is C14H24N2O3. The van der Waals surface area contributed by atoms with Crippen molar-refractivity contribution in [3.63, 3.8) is 0 Å². The van der Waals surface area contributed by atoms with Gasteiger partial charge in [-0.25, -0.2) is 0 Å².